The van der Waals surface area contributed by atoms with Crippen molar-refractivity contribution in [2.45, 2.75) is 6.54 Å². The van der Waals surface area contributed by atoms with Crippen LogP contribution in [-0.4, -0.2) is 42.4 Å². The number of benzene rings is 2. The highest BCUT2D eigenvalue weighted by Crippen LogP contribution is 2.15. The average Bonchev–Trinajstić information content (AvgIpc) is 3.11. The number of hydrogen-bond acceptors (Lipinski definition) is 4. The Morgan fingerprint density at radius 1 is 1.04 bits per heavy atom. The van der Waals surface area contributed by atoms with Gasteiger partial charge in [-0.05, 0) is 17.7 Å². The highest BCUT2D eigenvalue weighted by atomic mass is 16.2. The summed E-state index contributed by atoms with van der Waals surface area (Å²) in [4.78, 5) is 37.3. The van der Waals surface area contributed by atoms with E-state index in [0.29, 0.717) is 30.9 Å². The summed E-state index contributed by atoms with van der Waals surface area (Å²) in [5.41, 5.74) is 2.00. The van der Waals surface area contributed by atoms with Crippen LogP contribution in [0.4, 0.5) is 10.5 Å². The van der Waals surface area contributed by atoms with Crippen molar-refractivity contribution in [3.63, 3.8) is 0 Å². The number of imide groups is 1. The molecular formula is C19H20N4O3. The zero-order valence-electron chi connectivity index (χ0n) is 14.2. The fraction of sp³-hybridized carbons (Fsp3) is 0.211. The molecule has 3 N–H and O–H groups in total. The van der Waals surface area contributed by atoms with Crippen LogP contribution in [0.2, 0.25) is 0 Å². The minimum Gasteiger partial charge on any atom is -0.375 e. The number of hydrogen-bond donors (Lipinski definition) is 3. The first-order valence-electron chi connectivity index (χ1n) is 8.38. The third-order valence-electron chi connectivity index (χ3n) is 4.06. The standard InChI is InChI=1S/C19H20N4O3/c24-17(23-11-10-20-19(23)26)13-21-16-9-5-4-8-15(16)18(25)22-12-14-6-2-1-3-7-14/h1-9,21H,10-13H2,(H,20,26)(H,22,25). The Morgan fingerprint density at radius 2 is 1.77 bits per heavy atom. The van der Waals surface area contributed by atoms with Crippen molar-refractivity contribution in [2.24, 2.45) is 0 Å². The van der Waals surface area contributed by atoms with Crippen LogP contribution in [0.25, 0.3) is 0 Å². The smallest absolute Gasteiger partial charge is 0.324 e. The minimum atomic E-state index is -0.384. The molecule has 0 unspecified atom stereocenters. The van der Waals surface area contributed by atoms with Crippen LogP contribution in [0.1, 0.15) is 15.9 Å². The largest absolute Gasteiger partial charge is 0.375 e. The van der Waals surface area contributed by atoms with Gasteiger partial charge >= 0.3 is 6.03 Å². The lowest BCUT2D eigenvalue weighted by Crippen LogP contribution is -2.38. The van der Waals surface area contributed by atoms with E-state index in [1.807, 2.05) is 30.3 Å². The molecule has 2 aromatic rings. The lowest BCUT2D eigenvalue weighted by atomic mass is 10.1. The highest BCUT2D eigenvalue weighted by Gasteiger charge is 2.25. The maximum Gasteiger partial charge on any atom is 0.324 e. The van der Waals surface area contributed by atoms with Crippen LogP contribution in [0, 0.1) is 0 Å². The van der Waals surface area contributed by atoms with Gasteiger partial charge in [0, 0.05) is 25.3 Å². The number of carbonyl (C=O) groups excluding carboxylic acids is 3. The summed E-state index contributed by atoms with van der Waals surface area (Å²) in [6, 6.07) is 16.2. The second-order valence-electron chi connectivity index (χ2n) is 5.84. The molecule has 0 radical (unpaired) electrons. The Labute approximate surface area is 151 Å². The van der Waals surface area contributed by atoms with E-state index in [0.717, 1.165) is 10.5 Å². The van der Waals surface area contributed by atoms with E-state index in [1.165, 1.54) is 0 Å². The van der Waals surface area contributed by atoms with Crippen LogP contribution in [0.3, 0.4) is 0 Å². The van der Waals surface area contributed by atoms with Crippen molar-refractivity contribution >= 4 is 23.5 Å². The molecule has 0 aromatic heterocycles. The number of amides is 4. The molecule has 1 fully saturated rings. The number of para-hydroxylation sites is 1. The number of nitrogens with zero attached hydrogens (tertiary/aromatic N) is 1. The predicted octanol–water partition coefficient (Wildman–Crippen LogP) is 1.58. The molecule has 0 bridgehead atoms. The SMILES string of the molecule is O=C(NCc1ccccc1)c1ccccc1NCC(=O)N1CCNC1=O. The van der Waals surface area contributed by atoms with Gasteiger partial charge < -0.3 is 16.0 Å². The van der Waals surface area contributed by atoms with Gasteiger partial charge in [-0.15, -0.1) is 0 Å². The summed E-state index contributed by atoms with van der Waals surface area (Å²) in [7, 11) is 0. The first kappa shape index (κ1) is 17.5. The Morgan fingerprint density at radius 3 is 2.50 bits per heavy atom. The average molecular weight is 352 g/mol. The minimum absolute atomic E-state index is 0.0591. The van der Waals surface area contributed by atoms with Crippen LogP contribution in [0.15, 0.2) is 54.6 Å². The van der Waals surface area contributed by atoms with E-state index in [1.54, 1.807) is 24.3 Å². The first-order chi connectivity index (χ1) is 12.6. The molecule has 7 heteroatoms. The van der Waals surface area contributed by atoms with Gasteiger partial charge in [0.25, 0.3) is 5.91 Å². The molecule has 0 spiro atoms. The quantitative estimate of drug-likeness (QED) is 0.736. The van der Waals surface area contributed by atoms with E-state index >= 15 is 0 Å². The zero-order chi connectivity index (χ0) is 18.4. The number of anilines is 1. The Balaban J connectivity index is 1.61. The van der Waals surface area contributed by atoms with Crippen molar-refractivity contribution < 1.29 is 14.4 Å². The first-order valence-corrected chi connectivity index (χ1v) is 8.38. The third-order valence-corrected chi connectivity index (χ3v) is 4.06. The normalized spacial score (nSPS) is 13.2. The summed E-state index contributed by atoms with van der Waals surface area (Å²) < 4.78 is 0. The fourth-order valence-corrected chi connectivity index (χ4v) is 2.68. The molecule has 0 atom stereocenters. The predicted molar refractivity (Wildman–Crippen MR) is 97.7 cm³/mol. The molecule has 1 saturated heterocycles. The molecule has 4 amide bonds. The van der Waals surface area contributed by atoms with Crippen LogP contribution < -0.4 is 16.0 Å². The highest BCUT2D eigenvalue weighted by molar-refractivity contribution is 6.01. The summed E-state index contributed by atoms with van der Waals surface area (Å²) in [5, 5.41) is 8.41. The van der Waals surface area contributed by atoms with E-state index in [4.69, 9.17) is 0 Å². The van der Waals surface area contributed by atoms with Gasteiger partial charge in [-0.1, -0.05) is 42.5 Å². The molecular weight excluding hydrogens is 332 g/mol. The summed E-state index contributed by atoms with van der Waals surface area (Å²) >= 11 is 0. The molecule has 1 aliphatic heterocycles. The Kier molecular flexibility index (Phi) is 5.48. The summed E-state index contributed by atoms with van der Waals surface area (Å²) in [6.45, 7) is 1.18. The van der Waals surface area contributed by atoms with E-state index in [-0.39, 0.29) is 24.4 Å². The molecule has 3 rings (SSSR count). The maximum atomic E-state index is 12.5. The van der Waals surface area contributed by atoms with E-state index < -0.39 is 0 Å². The van der Waals surface area contributed by atoms with E-state index in [9.17, 15) is 14.4 Å². The Hall–Kier alpha value is -3.35. The third kappa shape index (κ3) is 4.18. The van der Waals surface area contributed by atoms with Crippen molar-refractivity contribution in [2.75, 3.05) is 25.0 Å². The maximum absolute atomic E-state index is 12.5. The van der Waals surface area contributed by atoms with E-state index in [2.05, 4.69) is 16.0 Å². The van der Waals surface area contributed by atoms with Gasteiger partial charge in [-0.25, -0.2) is 4.79 Å². The van der Waals surface area contributed by atoms with Crippen molar-refractivity contribution in [3.8, 4) is 0 Å². The number of urea groups is 1. The monoisotopic (exact) mass is 352 g/mol. The van der Waals surface area contributed by atoms with Gasteiger partial charge in [0.1, 0.15) is 0 Å². The van der Waals surface area contributed by atoms with Crippen LogP contribution >= 0.6 is 0 Å². The van der Waals surface area contributed by atoms with Crippen LogP contribution in [0.5, 0.6) is 0 Å². The summed E-state index contributed by atoms with van der Waals surface area (Å²) in [5.74, 6) is -0.567. The molecule has 0 aliphatic carbocycles. The molecule has 134 valence electrons. The van der Waals surface area contributed by atoms with Gasteiger partial charge in [-0.2, -0.15) is 0 Å². The number of rotatable bonds is 6. The molecule has 2 aromatic carbocycles. The molecule has 26 heavy (non-hydrogen) atoms. The zero-order valence-corrected chi connectivity index (χ0v) is 14.2. The lowest BCUT2D eigenvalue weighted by molar-refractivity contribution is -0.125. The van der Waals surface area contributed by atoms with Crippen molar-refractivity contribution in [1.29, 1.82) is 0 Å². The van der Waals surface area contributed by atoms with Crippen molar-refractivity contribution in [1.82, 2.24) is 15.5 Å². The lowest BCUT2D eigenvalue weighted by Gasteiger charge is -2.15. The second kappa shape index (κ2) is 8.15. The molecule has 1 aliphatic rings. The molecule has 7 nitrogen and oxygen atoms in total. The summed E-state index contributed by atoms with van der Waals surface area (Å²) in [6.07, 6.45) is 0. The molecule has 0 saturated carbocycles. The van der Waals surface area contributed by atoms with Gasteiger partial charge in [-0.3, -0.25) is 14.5 Å². The van der Waals surface area contributed by atoms with Crippen LogP contribution in [-0.2, 0) is 11.3 Å². The Bertz CT molecular complexity index is 807. The number of nitrogens with one attached hydrogen (secondary N) is 3. The topological polar surface area (TPSA) is 90.5 Å². The van der Waals surface area contributed by atoms with Gasteiger partial charge in [0.2, 0.25) is 5.91 Å². The molecule has 1 heterocycles. The van der Waals surface area contributed by atoms with Gasteiger partial charge in [0.05, 0.1) is 12.1 Å². The number of carbonyl (C=O) groups is 3. The van der Waals surface area contributed by atoms with Gasteiger partial charge in [0.15, 0.2) is 0 Å². The second-order valence-corrected chi connectivity index (χ2v) is 5.84. The fourth-order valence-electron chi connectivity index (χ4n) is 2.68. The van der Waals surface area contributed by atoms with Crippen molar-refractivity contribution in [3.05, 3.63) is 65.7 Å².